The highest BCUT2D eigenvalue weighted by Crippen LogP contribution is 2.29. The van der Waals surface area contributed by atoms with Crippen LogP contribution >= 0.6 is 0 Å². The third kappa shape index (κ3) is 3.47. The summed E-state index contributed by atoms with van der Waals surface area (Å²) in [6.45, 7) is 3.80. The van der Waals surface area contributed by atoms with Crippen molar-refractivity contribution in [2.45, 2.75) is 13.8 Å². The van der Waals surface area contributed by atoms with Crippen LogP contribution in [-0.2, 0) is 7.05 Å². The first kappa shape index (κ1) is 16.6. The quantitative estimate of drug-likeness (QED) is 0.741. The number of carbonyl (C=O) groups excluding carboxylic acids is 1. The van der Waals surface area contributed by atoms with Crippen LogP contribution in [0.4, 0.5) is 17.5 Å². The summed E-state index contributed by atoms with van der Waals surface area (Å²) in [7, 11) is 3.40. The second-order valence-electron chi connectivity index (χ2n) is 5.57. The fourth-order valence-electron chi connectivity index (χ4n) is 2.44. The number of ether oxygens (including phenoxy) is 1. The van der Waals surface area contributed by atoms with Crippen LogP contribution in [0.25, 0.3) is 0 Å². The molecule has 0 radical (unpaired) electrons. The number of anilines is 3. The third-order valence-corrected chi connectivity index (χ3v) is 3.76. The number of nitrogens with one attached hydrogen (secondary N) is 2. The lowest BCUT2D eigenvalue weighted by Crippen LogP contribution is -2.13. The maximum Gasteiger partial charge on any atom is 0.301 e. The second kappa shape index (κ2) is 6.68. The molecule has 0 aliphatic heterocycles. The Morgan fingerprint density at radius 2 is 2.08 bits per heavy atom. The lowest BCUT2D eigenvalue weighted by molar-refractivity contribution is 0.0997. The van der Waals surface area contributed by atoms with E-state index in [0.29, 0.717) is 17.3 Å². The number of aryl methyl sites for hydroxylation is 2. The number of oxazole rings is 1. The largest absolute Gasteiger partial charge is 0.496 e. The van der Waals surface area contributed by atoms with Crippen molar-refractivity contribution in [3.8, 4) is 5.75 Å². The highest BCUT2D eigenvalue weighted by atomic mass is 16.5. The number of methoxy groups -OCH3 is 1. The second-order valence-corrected chi connectivity index (χ2v) is 5.57. The summed E-state index contributed by atoms with van der Waals surface area (Å²) in [6.07, 6.45) is 3.15. The monoisotopic (exact) mass is 341 g/mol. The molecule has 8 nitrogen and oxygen atoms in total. The average Bonchev–Trinajstić information content (AvgIpc) is 3.21. The molecule has 0 fully saturated rings. The molecule has 25 heavy (non-hydrogen) atoms. The van der Waals surface area contributed by atoms with Crippen molar-refractivity contribution in [2.75, 3.05) is 17.7 Å². The minimum absolute atomic E-state index is 0.0973. The van der Waals surface area contributed by atoms with Gasteiger partial charge in [0.1, 0.15) is 5.75 Å². The highest BCUT2D eigenvalue weighted by molar-refractivity contribution is 6.03. The molecule has 3 aromatic rings. The number of hydrogen-bond acceptors (Lipinski definition) is 6. The standard InChI is InChI=1S/C17H19N5O3/c1-10-5-6-12(24-4)11(2)15(10)20-16(23)13-9-18-17(25-13)19-14-7-8-22(3)21-14/h5-9H,1-4H3,(H,20,23)(H,18,19,21). The van der Waals surface area contributed by atoms with Gasteiger partial charge in [-0.1, -0.05) is 6.07 Å². The molecule has 0 aliphatic carbocycles. The summed E-state index contributed by atoms with van der Waals surface area (Å²) in [5, 5.41) is 9.91. The summed E-state index contributed by atoms with van der Waals surface area (Å²) in [5.41, 5.74) is 2.47. The Labute approximate surface area is 144 Å². The van der Waals surface area contributed by atoms with Gasteiger partial charge in [-0.3, -0.25) is 14.8 Å². The van der Waals surface area contributed by atoms with Crippen LogP contribution in [0.5, 0.6) is 5.75 Å². The van der Waals surface area contributed by atoms with Gasteiger partial charge in [0.2, 0.25) is 5.76 Å². The summed E-state index contributed by atoms with van der Waals surface area (Å²) in [5.74, 6) is 0.993. The van der Waals surface area contributed by atoms with Crippen molar-refractivity contribution in [1.29, 1.82) is 0 Å². The van der Waals surface area contributed by atoms with Crippen LogP contribution in [0.15, 0.2) is 35.0 Å². The van der Waals surface area contributed by atoms with Crippen LogP contribution in [0, 0.1) is 13.8 Å². The molecule has 0 aliphatic rings. The van der Waals surface area contributed by atoms with Crippen LogP contribution in [-0.4, -0.2) is 27.8 Å². The Hall–Kier alpha value is -3.29. The lowest BCUT2D eigenvalue weighted by Gasteiger charge is -2.13. The zero-order chi connectivity index (χ0) is 18.0. The molecule has 0 spiro atoms. The zero-order valence-electron chi connectivity index (χ0n) is 14.5. The minimum Gasteiger partial charge on any atom is -0.496 e. The van der Waals surface area contributed by atoms with Crippen molar-refractivity contribution in [1.82, 2.24) is 14.8 Å². The molecule has 2 aromatic heterocycles. The maximum absolute atomic E-state index is 12.5. The maximum atomic E-state index is 12.5. The number of nitrogens with zero attached hydrogens (tertiary/aromatic N) is 3. The molecule has 130 valence electrons. The SMILES string of the molecule is COc1ccc(C)c(NC(=O)c2cnc(Nc3ccn(C)n3)o2)c1C. The van der Waals surface area contributed by atoms with E-state index in [2.05, 4.69) is 20.7 Å². The van der Waals surface area contributed by atoms with Gasteiger partial charge in [0.15, 0.2) is 5.82 Å². The van der Waals surface area contributed by atoms with Gasteiger partial charge >= 0.3 is 6.01 Å². The Morgan fingerprint density at radius 3 is 2.76 bits per heavy atom. The molecular formula is C17H19N5O3. The molecule has 0 atom stereocenters. The van der Waals surface area contributed by atoms with Crippen LogP contribution < -0.4 is 15.4 Å². The molecule has 1 aromatic carbocycles. The Bertz CT molecular complexity index is 913. The fraction of sp³-hybridized carbons (Fsp3) is 0.235. The average molecular weight is 341 g/mol. The van der Waals surface area contributed by atoms with E-state index in [4.69, 9.17) is 9.15 Å². The fourth-order valence-corrected chi connectivity index (χ4v) is 2.44. The molecule has 3 rings (SSSR count). The summed E-state index contributed by atoms with van der Waals surface area (Å²) in [4.78, 5) is 16.5. The van der Waals surface area contributed by atoms with Crippen LogP contribution in [0.3, 0.4) is 0 Å². The van der Waals surface area contributed by atoms with E-state index in [1.165, 1.54) is 6.20 Å². The highest BCUT2D eigenvalue weighted by Gasteiger charge is 2.17. The number of rotatable bonds is 5. The molecular weight excluding hydrogens is 322 g/mol. The lowest BCUT2D eigenvalue weighted by atomic mass is 10.1. The number of aromatic nitrogens is 3. The van der Waals surface area contributed by atoms with Gasteiger partial charge in [0, 0.05) is 24.9 Å². The molecule has 0 saturated carbocycles. The normalized spacial score (nSPS) is 10.6. The summed E-state index contributed by atoms with van der Waals surface area (Å²) >= 11 is 0. The van der Waals surface area contributed by atoms with E-state index in [-0.39, 0.29) is 17.7 Å². The Morgan fingerprint density at radius 1 is 1.28 bits per heavy atom. The van der Waals surface area contributed by atoms with Gasteiger partial charge in [-0.25, -0.2) is 4.98 Å². The number of benzene rings is 1. The van der Waals surface area contributed by atoms with Crippen molar-refractivity contribution in [3.05, 3.63) is 47.5 Å². The number of carbonyl (C=O) groups is 1. The van der Waals surface area contributed by atoms with Crippen molar-refractivity contribution >= 4 is 23.4 Å². The van der Waals surface area contributed by atoms with E-state index >= 15 is 0 Å². The molecule has 8 heteroatoms. The van der Waals surface area contributed by atoms with Gasteiger partial charge < -0.3 is 14.5 Å². The van der Waals surface area contributed by atoms with E-state index in [1.54, 1.807) is 31.1 Å². The third-order valence-electron chi connectivity index (χ3n) is 3.76. The predicted molar refractivity (Wildman–Crippen MR) is 93.4 cm³/mol. The minimum atomic E-state index is -0.388. The first-order valence-electron chi connectivity index (χ1n) is 7.66. The molecule has 0 unspecified atom stereocenters. The van der Waals surface area contributed by atoms with E-state index in [0.717, 1.165) is 11.1 Å². The topological polar surface area (TPSA) is 94.2 Å². The molecule has 0 bridgehead atoms. The van der Waals surface area contributed by atoms with Crippen molar-refractivity contribution in [2.24, 2.45) is 7.05 Å². The van der Waals surface area contributed by atoms with Gasteiger partial charge in [-0.2, -0.15) is 5.10 Å². The Balaban J connectivity index is 1.76. The van der Waals surface area contributed by atoms with Crippen LogP contribution in [0.1, 0.15) is 21.7 Å². The molecule has 2 N–H and O–H groups in total. The first-order valence-corrected chi connectivity index (χ1v) is 7.66. The molecule has 0 saturated heterocycles. The van der Waals surface area contributed by atoms with Gasteiger partial charge in [-0.05, 0) is 25.5 Å². The van der Waals surface area contributed by atoms with Gasteiger partial charge in [-0.15, -0.1) is 0 Å². The van der Waals surface area contributed by atoms with Gasteiger partial charge in [0.05, 0.1) is 19.0 Å². The smallest absolute Gasteiger partial charge is 0.301 e. The van der Waals surface area contributed by atoms with E-state index in [1.807, 2.05) is 26.0 Å². The van der Waals surface area contributed by atoms with Crippen molar-refractivity contribution in [3.63, 3.8) is 0 Å². The molecule has 1 amide bonds. The Kier molecular flexibility index (Phi) is 4.42. The molecule has 2 heterocycles. The van der Waals surface area contributed by atoms with Crippen LogP contribution in [0.2, 0.25) is 0 Å². The summed E-state index contributed by atoms with van der Waals surface area (Å²) in [6, 6.07) is 5.72. The summed E-state index contributed by atoms with van der Waals surface area (Å²) < 4.78 is 12.4. The predicted octanol–water partition coefficient (Wildman–Crippen LogP) is 3.03. The van der Waals surface area contributed by atoms with E-state index < -0.39 is 0 Å². The van der Waals surface area contributed by atoms with Gasteiger partial charge in [0.25, 0.3) is 5.91 Å². The van der Waals surface area contributed by atoms with E-state index in [9.17, 15) is 4.79 Å². The first-order chi connectivity index (χ1) is 12.0. The number of amides is 1. The zero-order valence-corrected chi connectivity index (χ0v) is 14.5. The number of hydrogen-bond donors (Lipinski definition) is 2. The van der Waals surface area contributed by atoms with Crippen molar-refractivity contribution < 1.29 is 13.9 Å².